The fourth-order valence-corrected chi connectivity index (χ4v) is 2.69. The highest BCUT2D eigenvalue weighted by Gasteiger charge is 2.09. The Labute approximate surface area is 154 Å². The predicted octanol–water partition coefficient (Wildman–Crippen LogP) is 4.59. The first-order chi connectivity index (χ1) is 13.1. The van der Waals surface area contributed by atoms with E-state index in [4.69, 9.17) is 15.1 Å². The summed E-state index contributed by atoms with van der Waals surface area (Å²) < 4.78 is 5.76. The summed E-state index contributed by atoms with van der Waals surface area (Å²) in [6.07, 6.45) is 0. The van der Waals surface area contributed by atoms with E-state index >= 15 is 0 Å². The van der Waals surface area contributed by atoms with E-state index in [1.165, 1.54) is 6.07 Å². The van der Waals surface area contributed by atoms with Gasteiger partial charge in [-0.25, -0.2) is 9.78 Å². The Morgan fingerprint density at radius 2 is 1.67 bits per heavy atom. The molecule has 0 fully saturated rings. The minimum atomic E-state index is -0.975. The van der Waals surface area contributed by atoms with Crippen molar-refractivity contribution >= 4 is 17.0 Å². The van der Waals surface area contributed by atoms with E-state index in [9.17, 15) is 4.79 Å². The Kier molecular flexibility index (Phi) is 4.03. The number of carbonyl (C=O) groups is 1. The van der Waals surface area contributed by atoms with Crippen molar-refractivity contribution in [2.24, 2.45) is 0 Å². The van der Waals surface area contributed by atoms with E-state index in [0.717, 1.165) is 5.56 Å². The zero-order valence-electron chi connectivity index (χ0n) is 14.0. The first kappa shape index (κ1) is 16.4. The number of hydrogen-bond donors (Lipinski definition) is 2. The van der Waals surface area contributed by atoms with Crippen LogP contribution < -0.4 is 4.74 Å². The van der Waals surface area contributed by atoms with Crippen molar-refractivity contribution in [2.75, 3.05) is 0 Å². The third-order valence-electron chi connectivity index (χ3n) is 4.08. The number of fused-ring (bicyclic) bond motifs is 1. The number of aromatic carboxylic acids is 1. The Hall–Kier alpha value is -4.11. The third kappa shape index (κ3) is 3.34. The number of nitrogens with one attached hydrogen (secondary N) is 1. The van der Waals surface area contributed by atoms with E-state index in [1.54, 1.807) is 36.4 Å². The zero-order valence-corrected chi connectivity index (χ0v) is 14.0. The fraction of sp³-hybridized carbons (Fsp3) is 0. The van der Waals surface area contributed by atoms with Crippen molar-refractivity contribution in [1.82, 2.24) is 9.97 Å². The van der Waals surface area contributed by atoms with Gasteiger partial charge >= 0.3 is 5.97 Å². The summed E-state index contributed by atoms with van der Waals surface area (Å²) in [5.41, 5.74) is 3.02. The van der Waals surface area contributed by atoms with Gasteiger partial charge in [-0.3, -0.25) is 0 Å². The molecule has 3 aromatic carbocycles. The molecule has 4 aromatic rings. The molecule has 0 aliphatic carbocycles. The maximum atomic E-state index is 11.1. The number of aromatic amines is 1. The minimum Gasteiger partial charge on any atom is -0.478 e. The molecule has 0 saturated heterocycles. The quantitative estimate of drug-likeness (QED) is 0.558. The van der Waals surface area contributed by atoms with Crippen LogP contribution >= 0.6 is 0 Å². The smallest absolute Gasteiger partial charge is 0.335 e. The fourth-order valence-electron chi connectivity index (χ4n) is 2.69. The van der Waals surface area contributed by atoms with E-state index in [-0.39, 0.29) is 5.56 Å². The molecular formula is C21H13N3O3. The molecule has 0 atom stereocenters. The molecule has 0 spiro atoms. The number of imidazole rings is 1. The van der Waals surface area contributed by atoms with Crippen LogP contribution in [0.4, 0.5) is 0 Å². The number of H-pyrrole nitrogens is 1. The highest BCUT2D eigenvalue weighted by molar-refractivity contribution is 5.93. The molecule has 130 valence electrons. The molecule has 2 N–H and O–H groups in total. The van der Waals surface area contributed by atoms with Gasteiger partial charge in [-0.2, -0.15) is 5.26 Å². The Balaban J connectivity index is 1.57. The van der Waals surface area contributed by atoms with Crippen molar-refractivity contribution in [2.45, 2.75) is 0 Å². The van der Waals surface area contributed by atoms with Gasteiger partial charge in [-0.15, -0.1) is 0 Å². The second-order valence-electron chi connectivity index (χ2n) is 5.89. The standard InChI is InChI=1S/C21H13N3O3/c22-12-13-1-6-16(7-2-13)27-17-8-3-14(4-9-17)20-23-18-10-5-15(21(25)26)11-19(18)24-20/h1-11H,(H,23,24)(H,25,26). The molecule has 1 aromatic heterocycles. The second kappa shape index (κ2) is 6.65. The molecule has 0 bridgehead atoms. The zero-order chi connectivity index (χ0) is 18.8. The average Bonchev–Trinajstić information content (AvgIpc) is 3.12. The van der Waals surface area contributed by atoms with Gasteiger partial charge in [0.1, 0.15) is 17.3 Å². The monoisotopic (exact) mass is 355 g/mol. The van der Waals surface area contributed by atoms with Gasteiger partial charge in [-0.1, -0.05) is 0 Å². The van der Waals surface area contributed by atoms with Gasteiger partial charge < -0.3 is 14.8 Å². The number of ether oxygens (including phenoxy) is 1. The molecule has 4 rings (SSSR count). The van der Waals surface area contributed by atoms with Gasteiger partial charge in [0.15, 0.2) is 0 Å². The lowest BCUT2D eigenvalue weighted by Crippen LogP contribution is -1.94. The number of rotatable bonds is 4. The molecule has 1 heterocycles. The molecule has 0 aliphatic rings. The van der Waals surface area contributed by atoms with Crippen molar-refractivity contribution in [3.8, 4) is 29.0 Å². The second-order valence-corrected chi connectivity index (χ2v) is 5.89. The predicted molar refractivity (Wildman–Crippen MR) is 99.7 cm³/mol. The van der Waals surface area contributed by atoms with Crippen LogP contribution in [0.15, 0.2) is 66.7 Å². The lowest BCUT2D eigenvalue weighted by molar-refractivity contribution is 0.0697. The average molecular weight is 355 g/mol. The number of nitrogens with zero attached hydrogens (tertiary/aromatic N) is 2. The van der Waals surface area contributed by atoms with Crippen molar-refractivity contribution in [3.63, 3.8) is 0 Å². The third-order valence-corrected chi connectivity index (χ3v) is 4.08. The number of benzene rings is 3. The summed E-state index contributed by atoms with van der Waals surface area (Å²) in [6.45, 7) is 0. The summed E-state index contributed by atoms with van der Waals surface area (Å²) in [5.74, 6) is 0.981. The van der Waals surface area contributed by atoms with Crippen LogP contribution in [0.5, 0.6) is 11.5 Å². The lowest BCUT2D eigenvalue weighted by atomic mass is 10.2. The molecule has 0 radical (unpaired) electrons. The summed E-state index contributed by atoms with van der Waals surface area (Å²) in [6, 6.07) is 21.1. The number of carboxylic acids is 1. The highest BCUT2D eigenvalue weighted by Crippen LogP contribution is 2.26. The van der Waals surface area contributed by atoms with Gasteiger partial charge in [0, 0.05) is 5.56 Å². The number of hydrogen-bond acceptors (Lipinski definition) is 4. The van der Waals surface area contributed by atoms with Crippen LogP contribution in [0.2, 0.25) is 0 Å². The SMILES string of the molecule is N#Cc1ccc(Oc2ccc(-c3nc4ccc(C(=O)O)cc4[nH]3)cc2)cc1. The first-order valence-corrected chi connectivity index (χ1v) is 8.14. The number of aromatic nitrogens is 2. The van der Waals surface area contributed by atoms with Crippen molar-refractivity contribution in [1.29, 1.82) is 5.26 Å². The summed E-state index contributed by atoms with van der Waals surface area (Å²) in [5, 5.41) is 17.9. The van der Waals surface area contributed by atoms with Gasteiger partial charge in [-0.05, 0) is 66.7 Å². The molecule has 0 saturated carbocycles. The summed E-state index contributed by atoms with van der Waals surface area (Å²) >= 11 is 0. The molecule has 0 amide bonds. The summed E-state index contributed by atoms with van der Waals surface area (Å²) in [4.78, 5) is 18.7. The van der Waals surface area contributed by atoms with Crippen LogP contribution in [0.3, 0.4) is 0 Å². The van der Waals surface area contributed by atoms with E-state index in [2.05, 4.69) is 16.0 Å². The Morgan fingerprint density at radius 1 is 1.00 bits per heavy atom. The lowest BCUT2D eigenvalue weighted by Gasteiger charge is -2.06. The van der Waals surface area contributed by atoms with Gasteiger partial charge in [0.25, 0.3) is 0 Å². The van der Waals surface area contributed by atoms with Crippen LogP contribution in [0, 0.1) is 11.3 Å². The molecule has 0 unspecified atom stereocenters. The summed E-state index contributed by atoms with van der Waals surface area (Å²) in [7, 11) is 0. The number of carboxylic acid groups (broad SMARTS) is 1. The number of nitriles is 1. The molecule has 27 heavy (non-hydrogen) atoms. The largest absolute Gasteiger partial charge is 0.478 e. The Bertz CT molecular complexity index is 1170. The van der Waals surface area contributed by atoms with E-state index < -0.39 is 5.97 Å². The Morgan fingerprint density at radius 3 is 2.30 bits per heavy atom. The van der Waals surface area contributed by atoms with E-state index in [1.807, 2.05) is 24.3 Å². The van der Waals surface area contributed by atoms with Crippen molar-refractivity contribution < 1.29 is 14.6 Å². The normalized spacial score (nSPS) is 10.5. The van der Waals surface area contributed by atoms with Crippen molar-refractivity contribution in [3.05, 3.63) is 77.9 Å². The van der Waals surface area contributed by atoms with Crippen LogP contribution in [-0.4, -0.2) is 21.0 Å². The maximum Gasteiger partial charge on any atom is 0.335 e. The highest BCUT2D eigenvalue weighted by atomic mass is 16.5. The molecule has 0 aliphatic heterocycles. The van der Waals surface area contributed by atoms with Crippen LogP contribution in [-0.2, 0) is 0 Å². The molecular weight excluding hydrogens is 342 g/mol. The minimum absolute atomic E-state index is 0.212. The maximum absolute atomic E-state index is 11.1. The topological polar surface area (TPSA) is 99.0 Å². The first-order valence-electron chi connectivity index (χ1n) is 8.14. The van der Waals surface area contributed by atoms with Crippen LogP contribution in [0.25, 0.3) is 22.4 Å². The van der Waals surface area contributed by atoms with Gasteiger partial charge in [0.2, 0.25) is 0 Å². The molecule has 6 heteroatoms. The van der Waals surface area contributed by atoms with E-state index in [0.29, 0.717) is 33.9 Å². The molecule has 6 nitrogen and oxygen atoms in total. The van der Waals surface area contributed by atoms with Crippen LogP contribution in [0.1, 0.15) is 15.9 Å². The van der Waals surface area contributed by atoms with Gasteiger partial charge in [0.05, 0.1) is 28.2 Å².